The van der Waals surface area contributed by atoms with E-state index in [1.165, 1.54) is 26.7 Å². The molecule has 1 saturated heterocycles. The van der Waals surface area contributed by atoms with Crippen LogP contribution in [-0.4, -0.2) is 119 Å². The number of nitrogens with one attached hydrogen (secondary N) is 1. The van der Waals surface area contributed by atoms with Gasteiger partial charge in [0, 0.05) is 94.5 Å². The molecule has 65 heavy (non-hydrogen) atoms. The van der Waals surface area contributed by atoms with Gasteiger partial charge >= 0.3 is 17.9 Å². The Bertz CT molecular complexity index is 2530. The van der Waals surface area contributed by atoms with Crippen molar-refractivity contribution in [3.8, 4) is 5.75 Å². The van der Waals surface area contributed by atoms with Crippen molar-refractivity contribution >= 4 is 65.4 Å². The van der Waals surface area contributed by atoms with E-state index in [-0.39, 0.29) is 23.0 Å². The fourth-order valence-corrected chi connectivity index (χ4v) is 15.5. The third-order valence-corrected chi connectivity index (χ3v) is 22.1. The average Bonchev–Trinajstić information content (AvgIpc) is 3.91. The molecular formula is C51H67IN4O8Si. The van der Waals surface area contributed by atoms with Crippen LogP contribution in [0.2, 0.25) is 18.1 Å². The Morgan fingerprint density at radius 1 is 0.985 bits per heavy atom. The third-order valence-electron chi connectivity index (χ3n) is 17.0. The van der Waals surface area contributed by atoms with Crippen LogP contribution in [0.4, 0.5) is 5.69 Å². The topological polar surface area (TPSA) is 123 Å². The van der Waals surface area contributed by atoms with E-state index in [4.69, 9.17) is 23.4 Å². The lowest BCUT2D eigenvalue weighted by Crippen LogP contribution is -2.83. The number of halogens is 1. The zero-order chi connectivity index (χ0) is 46.8. The molecule has 1 spiro atoms. The predicted octanol–water partition coefficient (Wildman–Crippen LogP) is 8.39. The molecule has 3 aromatic rings. The van der Waals surface area contributed by atoms with Crippen molar-refractivity contribution in [2.24, 2.45) is 11.3 Å². The van der Waals surface area contributed by atoms with Crippen molar-refractivity contribution in [3.05, 3.63) is 80.1 Å². The van der Waals surface area contributed by atoms with E-state index in [0.29, 0.717) is 38.1 Å². The molecule has 9 rings (SSSR count). The van der Waals surface area contributed by atoms with Gasteiger partial charge in [-0.3, -0.25) is 19.4 Å². The van der Waals surface area contributed by atoms with E-state index < -0.39 is 54.2 Å². The first-order valence-electron chi connectivity index (χ1n) is 23.4. The average molecular weight is 1020 g/mol. The van der Waals surface area contributed by atoms with Crippen molar-refractivity contribution in [1.82, 2.24) is 14.8 Å². The number of rotatable bonds is 9. The third kappa shape index (κ3) is 6.37. The number of esters is 3. The van der Waals surface area contributed by atoms with Crippen molar-refractivity contribution in [2.45, 2.75) is 127 Å². The number of fused-ring (bicyclic) bond motifs is 6. The Morgan fingerprint density at radius 2 is 1.72 bits per heavy atom. The molecule has 1 N–H and O–H groups in total. The molecule has 2 fully saturated rings. The quantitative estimate of drug-likeness (QED) is 0.0732. The largest absolute Gasteiger partial charge is 0.496 e. The molecular weight excluding hydrogens is 952 g/mol. The SMILES string of the molecule is CCC1=C[C@H]2CN(C1)Cc1c([nH]c3ccc(I)cc13)[C@@](C(=O)OC)(c1cc3c(cc1OC)N(C)[C@@H]1C34CCN3CC=C[C@](CC)([C@H]34)[C@@H](OC(C)=O)[C@]1(O[Si](C)(C)C(C)(C)C)C(=O)OC)C2. The molecule has 14 heteroatoms. The molecule has 2 bridgehead atoms. The first-order valence-corrected chi connectivity index (χ1v) is 27.4. The van der Waals surface area contributed by atoms with Gasteiger partial charge in [-0.1, -0.05) is 58.4 Å². The summed E-state index contributed by atoms with van der Waals surface area (Å²) in [5.74, 6) is -0.815. The van der Waals surface area contributed by atoms with Gasteiger partial charge in [0.25, 0.3) is 0 Å². The van der Waals surface area contributed by atoms with Crippen LogP contribution in [0.25, 0.3) is 10.9 Å². The number of methoxy groups -OCH3 is 3. The minimum Gasteiger partial charge on any atom is -0.496 e. The molecule has 2 aromatic carbocycles. The number of anilines is 1. The van der Waals surface area contributed by atoms with Crippen molar-refractivity contribution in [2.75, 3.05) is 59.5 Å². The number of carbonyl (C=O) groups is 3. The first-order chi connectivity index (χ1) is 30.7. The molecule has 1 aromatic heterocycles. The zero-order valence-electron chi connectivity index (χ0n) is 40.3. The van der Waals surface area contributed by atoms with Gasteiger partial charge < -0.3 is 33.3 Å². The number of likely N-dealkylation sites (N-methyl/N-ethyl adjacent to an activating group) is 1. The van der Waals surface area contributed by atoms with E-state index in [0.717, 1.165) is 68.6 Å². The molecule has 6 heterocycles. The van der Waals surface area contributed by atoms with Crippen LogP contribution in [-0.2, 0) is 50.4 Å². The number of ether oxygens (including phenoxy) is 4. The standard InChI is InChI=1S/C51H67IN4O8Si/c1-13-31-22-32-26-50(45(58)61-9,41-35(29-55(27-31)28-32)34-23-33(52)16-17-38(34)53-41)37-24-36-39(25-40(37)60-8)54(7)43-49(36)19-21-56-20-15-18-48(14-2,42(49)56)44(63-30(3)57)51(43,46(59)62-10)64-65(11,12)47(4,5)6/h15-18,22-25,32,42-44,53H,13-14,19-21,26-29H2,1-12H3/t32-,42+,43-,44-,48-,49?,50+,51+/m1/s1. The number of H-pyrrole nitrogens is 1. The molecule has 6 aliphatic rings. The summed E-state index contributed by atoms with van der Waals surface area (Å²) in [6, 6.07) is 9.86. The minimum absolute atomic E-state index is 0.0337. The monoisotopic (exact) mass is 1020 g/mol. The fourth-order valence-electron chi connectivity index (χ4n) is 13.6. The second-order valence-electron chi connectivity index (χ2n) is 21.2. The van der Waals surface area contributed by atoms with Crippen LogP contribution < -0.4 is 9.64 Å². The maximum atomic E-state index is 15.5. The number of hydrogen-bond acceptors (Lipinski definition) is 11. The summed E-state index contributed by atoms with van der Waals surface area (Å²) in [5, 5.41) is 0.761. The highest BCUT2D eigenvalue weighted by Crippen LogP contribution is 2.69. The zero-order valence-corrected chi connectivity index (χ0v) is 43.4. The van der Waals surface area contributed by atoms with Crippen LogP contribution in [0.15, 0.2) is 54.1 Å². The lowest BCUT2D eigenvalue weighted by atomic mass is 9.47. The van der Waals surface area contributed by atoms with Crippen LogP contribution >= 0.6 is 22.6 Å². The van der Waals surface area contributed by atoms with Gasteiger partial charge in [-0.05, 0) is 114 Å². The Kier molecular flexibility index (Phi) is 11.4. The molecule has 0 amide bonds. The van der Waals surface area contributed by atoms with Crippen LogP contribution in [0, 0.1) is 14.9 Å². The lowest BCUT2D eigenvalue weighted by molar-refractivity contribution is -0.224. The molecule has 12 nitrogen and oxygen atoms in total. The molecule has 350 valence electrons. The first kappa shape index (κ1) is 46.4. The van der Waals surface area contributed by atoms with Gasteiger partial charge in [-0.25, -0.2) is 4.79 Å². The number of aromatic amines is 1. The van der Waals surface area contributed by atoms with Gasteiger partial charge in [-0.15, -0.1) is 0 Å². The highest BCUT2D eigenvalue weighted by molar-refractivity contribution is 14.1. The summed E-state index contributed by atoms with van der Waals surface area (Å²) in [5.41, 5.74) is 2.09. The van der Waals surface area contributed by atoms with Gasteiger partial charge in [-0.2, -0.15) is 0 Å². The van der Waals surface area contributed by atoms with Crippen molar-refractivity contribution in [1.29, 1.82) is 0 Å². The predicted molar refractivity (Wildman–Crippen MR) is 263 cm³/mol. The Balaban J connectivity index is 1.40. The van der Waals surface area contributed by atoms with Gasteiger partial charge in [0.1, 0.15) is 11.2 Å². The van der Waals surface area contributed by atoms with Crippen LogP contribution in [0.5, 0.6) is 5.75 Å². The van der Waals surface area contributed by atoms with E-state index in [9.17, 15) is 4.79 Å². The molecule has 9 atom stereocenters. The van der Waals surface area contributed by atoms with Crippen molar-refractivity contribution in [3.63, 3.8) is 0 Å². The molecule has 5 aliphatic heterocycles. The molecule has 2 unspecified atom stereocenters. The summed E-state index contributed by atoms with van der Waals surface area (Å²) in [6.45, 7) is 20.3. The summed E-state index contributed by atoms with van der Waals surface area (Å²) < 4.78 is 34.1. The summed E-state index contributed by atoms with van der Waals surface area (Å²) >= 11 is 2.38. The maximum absolute atomic E-state index is 15.5. The maximum Gasteiger partial charge on any atom is 0.343 e. The highest BCUT2D eigenvalue weighted by Gasteiger charge is 2.82. The smallest absolute Gasteiger partial charge is 0.343 e. The highest BCUT2D eigenvalue weighted by atomic mass is 127. The van der Waals surface area contributed by atoms with Crippen LogP contribution in [0.3, 0.4) is 0 Å². The lowest BCUT2D eigenvalue weighted by Gasteiger charge is -2.66. The van der Waals surface area contributed by atoms with E-state index in [1.807, 2.05) is 7.05 Å². The van der Waals surface area contributed by atoms with Crippen LogP contribution in [0.1, 0.15) is 89.6 Å². The number of aromatic nitrogens is 1. The summed E-state index contributed by atoms with van der Waals surface area (Å²) in [6.07, 6.45) is 8.37. The Morgan fingerprint density at radius 3 is 2.37 bits per heavy atom. The number of hydrogen-bond donors (Lipinski definition) is 1. The molecule has 1 aliphatic carbocycles. The molecule has 0 radical (unpaired) electrons. The number of carbonyl (C=O) groups excluding carboxylic acids is 3. The van der Waals surface area contributed by atoms with E-state index >= 15 is 9.59 Å². The van der Waals surface area contributed by atoms with E-state index in [1.54, 1.807) is 7.11 Å². The summed E-state index contributed by atoms with van der Waals surface area (Å²) in [4.78, 5) is 55.7. The Labute approximate surface area is 399 Å². The summed E-state index contributed by atoms with van der Waals surface area (Å²) in [7, 11) is 3.72. The number of benzene rings is 2. The van der Waals surface area contributed by atoms with Gasteiger partial charge in [0.15, 0.2) is 14.4 Å². The normalized spacial score (nSPS) is 32.7. The van der Waals surface area contributed by atoms with E-state index in [2.05, 4.69) is 139 Å². The fraction of sp³-hybridized carbons (Fsp3) is 0.588. The van der Waals surface area contributed by atoms with Gasteiger partial charge in [0.05, 0.1) is 27.4 Å². The molecule has 1 saturated carbocycles. The number of nitrogens with zero attached hydrogens (tertiary/aromatic N) is 3. The second kappa shape index (κ2) is 15.9. The second-order valence-corrected chi connectivity index (χ2v) is 27.1. The van der Waals surface area contributed by atoms with Crippen molar-refractivity contribution < 1.29 is 37.8 Å². The Hall–Kier alpha value is -3.70. The van der Waals surface area contributed by atoms with Gasteiger partial charge in [0.2, 0.25) is 5.60 Å². The minimum atomic E-state index is -2.90.